The Balaban J connectivity index is 0.00000264. The van der Waals surface area contributed by atoms with E-state index >= 15 is 0 Å². The Labute approximate surface area is 158 Å². The molecule has 1 fully saturated rings. The second-order valence-electron chi connectivity index (χ2n) is 6.15. The molecule has 138 valence electrons. The summed E-state index contributed by atoms with van der Waals surface area (Å²) >= 11 is 0. The summed E-state index contributed by atoms with van der Waals surface area (Å²) in [5, 5.41) is 3.25. The van der Waals surface area contributed by atoms with Gasteiger partial charge in [-0.1, -0.05) is 44.2 Å². The minimum atomic E-state index is -0.202. The lowest BCUT2D eigenvalue weighted by atomic mass is 9.91. The fourth-order valence-corrected chi connectivity index (χ4v) is 3.30. The number of nitrogens with zero attached hydrogens (tertiary/aromatic N) is 1. The van der Waals surface area contributed by atoms with Crippen molar-refractivity contribution in [1.82, 2.24) is 10.2 Å². The molecule has 0 aliphatic heterocycles. The zero-order valence-corrected chi connectivity index (χ0v) is 16.2. The molecule has 4 nitrogen and oxygen atoms in total. The highest BCUT2D eigenvalue weighted by Crippen LogP contribution is 2.23. The summed E-state index contributed by atoms with van der Waals surface area (Å²) in [7, 11) is 0. The van der Waals surface area contributed by atoms with Crippen LogP contribution in [0.2, 0.25) is 0 Å². The van der Waals surface area contributed by atoms with E-state index in [1.54, 1.807) is 0 Å². The molecule has 6 heteroatoms. The highest BCUT2D eigenvalue weighted by atomic mass is 35.5. The lowest BCUT2D eigenvalue weighted by molar-refractivity contribution is -0.127. The molecule has 24 heavy (non-hydrogen) atoms. The smallest absolute Gasteiger partial charge is 0.242 e. The molecule has 1 atom stereocenters. The minimum absolute atomic E-state index is 0. The third-order valence-electron chi connectivity index (χ3n) is 4.66. The zero-order valence-electron chi connectivity index (χ0n) is 14.6. The Morgan fingerprint density at radius 3 is 2.17 bits per heavy atom. The van der Waals surface area contributed by atoms with Crippen molar-refractivity contribution in [3.8, 4) is 0 Å². The van der Waals surface area contributed by atoms with E-state index in [0.717, 1.165) is 44.3 Å². The van der Waals surface area contributed by atoms with Gasteiger partial charge in [-0.15, -0.1) is 24.8 Å². The number of carbonyl (C=O) groups excluding carboxylic acids is 1. The number of hydrogen-bond donors (Lipinski definition) is 2. The number of halogens is 2. The number of nitrogens with one attached hydrogen (secondary N) is 1. The molecule has 1 aliphatic carbocycles. The molecule has 0 aromatic heterocycles. The highest BCUT2D eigenvalue weighted by molar-refractivity contribution is 5.85. The Kier molecular flexibility index (Phi) is 11.3. The number of hydrogen-bond acceptors (Lipinski definition) is 3. The fourth-order valence-electron chi connectivity index (χ4n) is 3.30. The van der Waals surface area contributed by atoms with Crippen molar-refractivity contribution >= 4 is 30.7 Å². The number of likely N-dealkylation sites (N-methyl/N-ethyl adjacent to an activating group) is 1. The van der Waals surface area contributed by atoms with Crippen LogP contribution in [0.25, 0.3) is 0 Å². The van der Waals surface area contributed by atoms with Gasteiger partial charge in [0.05, 0.1) is 0 Å². The van der Waals surface area contributed by atoms with Crippen LogP contribution in [-0.2, 0) is 4.79 Å². The minimum Gasteiger partial charge on any atom is -0.352 e. The van der Waals surface area contributed by atoms with E-state index in [9.17, 15) is 4.79 Å². The second-order valence-corrected chi connectivity index (χ2v) is 6.15. The molecular weight excluding hydrogens is 345 g/mol. The van der Waals surface area contributed by atoms with Gasteiger partial charge in [0, 0.05) is 12.1 Å². The molecule has 0 heterocycles. The van der Waals surface area contributed by atoms with Crippen LogP contribution >= 0.6 is 24.8 Å². The molecule has 1 unspecified atom stereocenters. The topological polar surface area (TPSA) is 58.4 Å². The number of rotatable bonds is 6. The molecule has 0 bridgehead atoms. The molecule has 0 radical (unpaired) electrons. The summed E-state index contributed by atoms with van der Waals surface area (Å²) in [4.78, 5) is 15.1. The standard InChI is InChI=1S/C18H29N3O.2ClH/c1-3-21(4-2)17(14-8-6-5-7-9-14)18(22)20-16-12-10-15(19)11-13-16;;/h5-9,15-17H,3-4,10-13,19H2,1-2H3,(H,20,22);2*1H. The average molecular weight is 376 g/mol. The van der Waals surface area contributed by atoms with Gasteiger partial charge in [0.1, 0.15) is 6.04 Å². The summed E-state index contributed by atoms with van der Waals surface area (Å²) < 4.78 is 0. The SMILES string of the molecule is CCN(CC)C(C(=O)NC1CCC(N)CC1)c1ccccc1.Cl.Cl. The molecule has 1 saturated carbocycles. The van der Waals surface area contributed by atoms with E-state index < -0.39 is 0 Å². The van der Waals surface area contributed by atoms with Crippen LogP contribution in [0.4, 0.5) is 0 Å². The van der Waals surface area contributed by atoms with Gasteiger partial charge in [0.2, 0.25) is 5.91 Å². The van der Waals surface area contributed by atoms with Gasteiger partial charge in [-0.3, -0.25) is 9.69 Å². The van der Waals surface area contributed by atoms with E-state index in [-0.39, 0.29) is 42.8 Å². The Bertz CT molecular complexity index is 461. The first-order chi connectivity index (χ1) is 10.7. The molecule has 3 N–H and O–H groups in total. The van der Waals surface area contributed by atoms with E-state index in [1.807, 2.05) is 30.3 Å². The molecule has 1 amide bonds. The Hall–Kier alpha value is -0.810. The Morgan fingerprint density at radius 2 is 1.67 bits per heavy atom. The van der Waals surface area contributed by atoms with Gasteiger partial charge in [-0.2, -0.15) is 0 Å². The zero-order chi connectivity index (χ0) is 15.9. The van der Waals surface area contributed by atoms with E-state index in [4.69, 9.17) is 5.73 Å². The number of nitrogens with two attached hydrogens (primary N) is 1. The van der Waals surface area contributed by atoms with Crippen molar-refractivity contribution in [2.24, 2.45) is 5.73 Å². The summed E-state index contributed by atoms with van der Waals surface area (Å²) in [6.45, 7) is 5.93. The average Bonchev–Trinajstić information content (AvgIpc) is 2.55. The summed E-state index contributed by atoms with van der Waals surface area (Å²) in [5.41, 5.74) is 7.01. The van der Waals surface area contributed by atoms with Crippen LogP contribution in [0.1, 0.15) is 51.1 Å². The lowest BCUT2D eigenvalue weighted by Crippen LogP contribution is -2.46. The molecule has 2 rings (SSSR count). The molecular formula is C18H31Cl2N3O. The van der Waals surface area contributed by atoms with Gasteiger partial charge in [-0.05, 0) is 44.3 Å². The predicted molar refractivity (Wildman–Crippen MR) is 105 cm³/mol. The van der Waals surface area contributed by atoms with Crippen molar-refractivity contribution in [3.05, 3.63) is 35.9 Å². The fraction of sp³-hybridized carbons (Fsp3) is 0.611. The van der Waals surface area contributed by atoms with Crippen molar-refractivity contribution < 1.29 is 4.79 Å². The van der Waals surface area contributed by atoms with Crippen LogP contribution in [0.3, 0.4) is 0 Å². The van der Waals surface area contributed by atoms with Gasteiger partial charge >= 0.3 is 0 Å². The predicted octanol–water partition coefficient (Wildman–Crippen LogP) is 3.30. The van der Waals surface area contributed by atoms with Gasteiger partial charge in [0.25, 0.3) is 0 Å². The second kappa shape index (κ2) is 11.7. The van der Waals surface area contributed by atoms with E-state index in [2.05, 4.69) is 24.1 Å². The van der Waals surface area contributed by atoms with Crippen molar-refractivity contribution in [3.63, 3.8) is 0 Å². The first-order valence-corrected chi connectivity index (χ1v) is 8.50. The van der Waals surface area contributed by atoms with E-state index in [0.29, 0.717) is 6.04 Å². The van der Waals surface area contributed by atoms with Gasteiger partial charge in [-0.25, -0.2) is 0 Å². The number of amides is 1. The van der Waals surface area contributed by atoms with Crippen molar-refractivity contribution in [1.29, 1.82) is 0 Å². The highest BCUT2D eigenvalue weighted by Gasteiger charge is 2.28. The Morgan fingerprint density at radius 1 is 1.12 bits per heavy atom. The van der Waals surface area contributed by atoms with E-state index in [1.165, 1.54) is 0 Å². The summed E-state index contributed by atoms with van der Waals surface area (Å²) in [5.74, 6) is 0.121. The van der Waals surface area contributed by atoms with Gasteiger partial charge < -0.3 is 11.1 Å². The monoisotopic (exact) mass is 375 g/mol. The molecule has 0 saturated heterocycles. The maximum atomic E-state index is 12.9. The van der Waals surface area contributed by atoms with Crippen molar-refractivity contribution in [2.45, 2.75) is 57.7 Å². The number of carbonyl (C=O) groups is 1. The molecule has 0 spiro atoms. The first-order valence-electron chi connectivity index (χ1n) is 8.50. The third-order valence-corrected chi connectivity index (χ3v) is 4.66. The number of benzene rings is 1. The largest absolute Gasteiger partial charge is 0.352 e. The van der Waals surface area contributed by atoms with Crippen LogP contribution in [0.5, 0.6) is 0 Å². The molecule has 1 aromatic carbocycles. The van der Waals surface area contributed by atoms with Crippen LogP contribution < -0.4 is 11.1 Å². The van der Waals surface area contributed by atoms with Crippen molar-refractivity contribution in [2.75, 3.05) is 13.1 Å². The van der Waals surface area contributed by atoms with Crippen LogP contribution in [0, 0.1) is 0 Å². The van der Waals surface area contributed by atoms with Crippen LogP contribution in [-0.4, -0.2) is 36.0 Å². The maximum Gasteiger partial charge on any atom is 0.242 e. The normalized spacial score (nSPS) is 21.3. The first kappa shape index (κ1) is 23.2. The molecule has 1 aliphatic rings. The summed E-state index contributed by atoms with van der Waals surface area (Å²) in [6, 6.07) is 10.4. The van der Waals surface area contributed by atoms with Gasteiger partial charge in [0.15, 0.2) is 0 Å². The quantitative estimate of drug-likeness (QED) is 0.801. The lowest BCUT2D eigenvalue weighted by Gasteiger charge is -2.32. The summed E-state index contributed by atoms with van der Waals surface area (Å²) in [6.07, 6.45) is 4.00. The maximum absolute atomic E-state index is 12.9. The third kappa shape index (κ3) is 6.25. The van der Waals surface area contributed by atoms with Crippen LogP contribution in [0.15, 0.2) is 30.3 Å². The molecule has 1 aromatic rings.